The third-order valence-electron chi connectivity index (χ3n) is 14.4. The molecule has 0 radical (unpaired) electrons. The molecule has 74 heavy (non-hydrogen) atoms. The van der Waals surface area contributed by atoms with Gasteiger partial charge in [0.05, 0.1) is 12.1 Å². The van der Waals surface area contributed by atoms with E-state index in [0.717, 1.165) is 19.6 Å². The van der Waals surface area contributed by atoms with Crippen LogP contribution in [0.3, 0.4) is 0 Å². The molecule has 1 fully saturated rings. The first-order valence-electron chi connectivity index (χ1n) is 23.4. The van der Waals surface area contributed by atoms with E-state index < -0.39 is 88.3 Å². The lowest BCUT2D eigenvalue weighted by Gasteiger charge is -2.38. The number of guanidine groups is 2. The maximum atomic E-state index is 13.7. The number of nitrogens with two attached hydrogens (primary N) is 2. The van der Waals surface area contributed by atoms with E-state index in [1.165, 1.54) is 48.5 Å². The molecule has 6 heterocycles. The third kappa shape index (κ3) is 7.00. The zero-order valence-electron chi connectivity index (χ0n) is 38.8. The van der Waals surface area contributed by atoms with E-state index in [2.05, 4.69) is 42.3 Å². The molecule has 2 unspecified atom stereocenters. The van der Waals surface area contributed by atoms with E-state index in [0.29, 0.717) is 0 Å². The number of carbonyl (C=O) groups excluding carboxylic acids is 12. The van der Waals surface area contributed by atoms with Crippen molar-refractivity contribution in [1.82, 2.24) is 51.9 Å². The van der Waals surface area contributed by atoms with E-state index >= 15 is 0 Å². The van der Waals surface area contributed by atoms with Gasteiger partial charge in [-0.1, -0.05) is 0 Å². The Hall–Kier alpha value is -9.30. The van der Waals surface area contributed by atoms with Crippen molar-refractivity contribution in [2.24, 2.45) is 21.5 Å². The Morgan fingerprint density at radius 3 is 1.22 bits per heavy atom. The van der Waals surface area contributed by atoms with Crippen LogP contribution >= 0.6 is 0 Å². The number of aliphatic imine (C=N–C) groups is 2. The zero-order valence-corrected chi connectivity index (χ0v) is 38.8. The summed E-state index contributed by atoms with van der Waals surface area (Å²) >= 11 is 0. The number of amides is 11. The van der Waals surface area contributed by atoms with Crippen LogP contribution < -0.4 is 43.8 Å². The van der Waals surface area contributed by atoms with E-state index in [-0.39, 0.29) is 149 Å². The van der Waals surface area contributed by atoms with Crippen LogP contribution in [0.5, 0.6) is 0 Å². The van der Waals surface area contributed by atoms with Gasteiger partial charge in [0.1, 0.15) is 0 Å². The maximum absolute atomic E-state index is 13.7. The molecule has 10 N–H and O–H groups in total. The Labute approximate surface area is 416 Å². The lowest BCUT2D eigenvalue weighted by atomic mass is 9.71. The molecule has 11 amide bonds. The van der Waals surface area contributed by atoms with Crippen LogP contribution in [0, 0.1) is 0 Å². The topological polar surface area (TPSA) is 367 Å². The Morgan fingerprint density at radius 2 is 0.865 bits per heavy atom. The van der Waals surface area contributed by atoms with Crippen LogP contribution in [0.4, 0.5) is 0 Å². The minimum Gasteiger partial charge on any atom is -0.347 e. The molecular formula is C48H42N14O12. The molecule has 376 valence electrons. The van der Waals surface area contributed by atoms with Crippen molar-refractivity contribution in [2.75, 3.05) is 45.8 Å². The highest BCUT2D eigenvalue weighted by atomic mass is 16.2. The summed E-state index contributed by atoms with van der Waals surface area (Å²) in [5, 5.41) is 6.35. The molecule has 0 saturated heterocycles. The molecule has 11 rings (SSSR count). The van der Waals surface area contributed by atoms with Crippen molar-refractivity contribution in [3.63, 3.8) is 0 Å². The first kappa shape index (κ1) is 47.0. The Kier molecular flexibility index (Phi) is 10.9. The van der Waals surface area contributed by atoms with Gasteiger partial charge in [0, 0.05) is 125 Å². The van der Waals surface area contributed by atoms with Crippen LogP contribution in [0.2, 0.25) is 0 Å². The number of imide groups is 4. The molecule has 0 bridgehead atoms. The Morgan fingerprint density at radius 1 is 0.514 bits per heavy atom. The molecule has 2 spiro atoms. The van der Waals surface area contributed by atoms with Gasteiger partial charge in [-0.2, -0.15) is 0 Å². The average molecular weight is 1010 g/mol. The molecule has 7 aliphatic rings. The highest BCUT2D eigenvalue weighted by Gasteiger charge is 2.57. The summed E-state index contributed by atoms with van der Waals surface area (Å²) in [4.78, 5) is 173. The Bertz CT molecular complexity index is 3340. The first-order chi connectivity index (χ1) is 35.5. The van der Waals surface area contributed by atoms with E-state index in [9.17, 15) is 57.5 Å². The number of hydrazine groups is 2. The number of rotatable bonds is 10. The van der Waals surface area contributed by atoms with Crippen LogP contribution in [-0.4, -0.2) is 159 Å². The number of ketones is 1. The second kappa shape index (κ2) is 17.2. The molecule has 26 nitrogen and oxygen atoms in total. The first-order valence-corrected chi connectivity index (χ1v) is 23.4. The van der Waals surface area contributed by atoms with Crippen LogP contribution in [0.25, 0.3) is 21.5 Å². The van der Waals surface area contributed by atoms with Gasteiger partial charge >= 0.3 is 0 Å². The van der Waals surface area contributed by atoms with Gasteiger partial charge < -0.3 is 16.8 Å². The van der Waals surface area contributed by atoms with Gasteiger partial charge in [0.2, 0.25) is 29.3 Å². The second-order valence-corrected chi connectivity index (χ2v) is 18.6. The maximum Gasteiger partial charge on any atom is 0.262 e. The number of hydrogen-bond donors (Lipinski definition) is 8. The smallest absolute Gasteiger partial charge is 0.262 e. The normalized spacial score (nSPS) is 21.5. The molecule has 1 saturated carbocycles. The van der Waals surface area contributed by atoms with Crippen molar-refractivity contribution < 1.29 is 57.5 Å². The number of nitrogens with one attached hydrogen (secondary N) is 6. The summed E-state index contributed by atoms with van der Waals surface area (Å²) in [6, 6.07) is 11.3. The van der Waals surface area contributed by atoms with Crippen molar-refractivity contribution in [3.8, 4) is 0 Å². The summed E-state index contributed by atoms with van der Waals surface area (Å²) in [6.07, 6.45) is -0.755. The molecule has 26 heteroatoms. The van der Waals surface area contributed by atoms with Crippen LogP contribution in [0.1, 0.15) is 115 Å². The predicted molar refractivity (Wildman–Crippen MR) is 255 cm³/mol. The highest BCUT2D eigenvalue weighted by molar-refractivity contribution is 6.35. The SMILES string of the molecule is NCCN1C(=O)c2ccc3c4c(ccc(c24)C1=O)C(=O)N(CCC(=O)NNC1=NC2(CCC4(CN=C(NNC(=O)CCN5C(=O)c6ccc7c8c(ccc(c68)C5=O)C(=O)N(CCN)C7=O)N4)CC2=O)C(=O)N1)C3=O. The fourth-order valence-corrected chi connectivity index (χ4v) is 10.7. The van der Waals surface area contributed by atoms with Crippen molar-refractivity contribution in [3.05, 3.63) is 93.0 Å². The lowest BCUT2D eigenvalue weighted by Crippen LogP contribution is -2.61. The fraction of sp³-hybridized carbons (Fsp3) is 0.292. The molecule has 4 aromatic carbocycles. The summed E-state index contributed by atoms with van der Waals surface area (Å²) in [7, 11) is 0. The molecule has 6 aliphatic heterocycles. The standard InChI is InChI=1S/C48H42N14O12/c49-13-17-61-40(70)25-5-1-21-32-22(2-6-26(34(25)32)41(61)71)37(67)59(36(21)66)15-9-30(64)55-57-45-51-20-47(53-45)11-12-48(29(63)19-47)44(74)52-46(54-48)58-56-31(65)10-16-60-38(68)23-3-7-27-35-28(8-4-24(33(23)35)39(60)69)43(73)62(18-14-50)42(27)72/h1-8H,9-20,49-50H2,(H,55,64)(H,56,65)(H2,51,53,57)(H2,52,54,58,74). The number of Topliss-reactive ketones (excluding diaryl/α,β-unsaturated/α-hetero) is 1. The molecule has 2 atom stereocenters. The van der Waals surface area contributed by atoms with Gasteiger partial charge in [-0.25, -0.2) is 9.98 Å². The van der Waals surface area contributed by atoms with Gasteiger partial charge in [-0.05, 0) is 61.4 Å². The highest BCUT2D eigenvalue weighted by Crippen LogP contribution is 2.41. The van der Waals surface area contributed by atoms with Crippen molar-refractivity contribution in [2.45, 2.75) is 43.2 Å². The quantitative estimate of drug-likeness (QED) is 0.0470. The predicted octanol–water partition coefficient (Wildman–Crippen LogP) is -2.31. The largest absolute Gasteiger partial charge is 0.347 e. The van der Waals surface area contributed by atoms with E-state index in [4.69, 9.17) is 11.5 Å². The molecular weight excluding hydrogens is 965 g/mol. The molecule has 4 aromatic rings. The van der Waals surface area contributed by atoms with Gasteiger partial charge in [-0.3, -0.25) is 104 Å². The fourth-order valence-electron chi connectivity index (χ4n) is 10.7. The van der Waals surface area contributed by atoms with Gasteiger partial charge in [0.15, 0.2) is 5.78 Å². The van der Waals surface area contributed by atoms with E-state index in [1.54, 1.807) is 0 Å². The van der Waals surface area contributed by atoms with Gasteiger partial charge in [-0.15, -0.1) is 0 Å². The van der Waals surface area contributed by atoms with Crippen molar-refractivity contribution in [1.29, 1.82) is 0 Å². The summed E-state index contributed by atoms with van der Waals surface area (Å²) < 4.78 is 0. The molecule has 1 aliphatic carbocycles. The van der Waals surface area contributed by atoms with Crippen LogP contribution in [-0.2, 0) is 19.2 Å². The van der Waals surface area contributed by atoms with E-state index in [1.807, 2.05) is 0 Å². The average Bonchev–Trinajstić information content (AvgIpc) is 3.94. The summed E-state index contributed by atoms with van der Waals surface area (Å²) in [6.45, 7) is -0.513. The van der Waals surface area contributed by atoms with Crippen molar-refractivity contribution >= 4 is 104 Å². The zero-order chi connectivity index (χ0) is 52.1. The van der Waals surface area contributed by atoms with Crippen LogP contribution in [0.15, 0.2) is 58.5 Å². The second-order valence-electron chi connectivity index (χ2n) is 18.6. The minimum atomic E-state index is -1.82. The number of hydrogen-bond acceptors (Lipinski definition) is 19. The number of nitrogens with zero attached hydrogens (tertiary/aromatic N) is 6. The molecule has 0 aromatic heterocycles. The Balaban J connectivity index is 0.657. The monoisotopic (exact) mass is 1010 g/mol. The summed E-state index contributed by atoms with van der Waals surface area (Å²) in [5.41, 5.74) is 19.4. The number of carbonyl (C=O) groups is 12. The minimum absolute atomic E-state index is 0.00643. The lowest BCUT2D eigenvalue weighted by molar-refractivity contribution is -0.137. The van der Waals surface area contributed by atoms with Gasteiger partial charge in [0.25, 0.3) is 53.2 Å². The third-order valence-corrected chi connectivity index (χ3v) is 14.4. The summed E-state index contributed by atoms with van der Waals surface area (Å²) in [5.74, 6) is -7.96. The number of benzene rings is 4.